The van der Waals surface area contributed by atoms with Crippen LogP contribution in [0.5, 0.6) is 0 Å². The Kier molecular flexibility index (Phi) is 7.35. The first kappa shape index (κ1) is 23.9. The summed E-state index contributed by atoms with van der Waals surface area (Å²) >= 11 is 1.62. The van der Waals surface area contributed by atoms with Gasteiger partial charge in [0.1, 0.15) is 11.6 Å². The molecule has 4 heterocycles. The highest BCUT2D eigenvalue weighted by Gasteiger charge is 2.42. The molecule has 0 radical (unpaired) electrons. The molecule has 5 rings (SSSR count). The lowest BCUT2D eigenvalue weighted by molar-refractivity contribution is -0.126. The number of hydrogen-bond acceptors (Lipinski definition) is 6. The number of carbonyl (C=O) groups is 1. The smallest absolute Gasteiger partial charge is 0.223 e. The van der Waals surface area contributed by atoms with E-state index in [2.05, 4.69) is 56.1 Å². The SMILES string of the molecule is Cc1nnc(C(C)C)n1C1CC2CCC(C1)N2CC[C@H](NC(=O)C1CCCCC1)c1cscn1. The first-order valence-corrected chi connectivity index (χ1v) is 14.3. The zero-order valence-corrected chi connectivity index (χ0v) is 21.8. The van der Waals surface area contributed by atoms with Gasteiger partial charge in [-0.3, -0.25) is 9.69 Å². The summed E-state index contributed by atoms with van der Waals surface area (Å²) in [4.78, 5) is 20.3. The van der Waals surface area contributed by atoms with E-state index in [-0.39, 0.29) is 17.9 Å². The number of nitrogens with one attached hydrogen (secondary N) is 1. The average molecular weight is 485 g/mol. The van der Waals surface area contributed by atoms with Crippen molar-refractivity contribution < 1.29 is 4.79 Å². The van der Waals surface area contributed by atoms with Crippen LogP contribution in [0.3, 0.4) is 0 Å². The highest BCUT2D eigenvalue weighted by molar-refractivity contribution is 7.07. The minimum atomic E-state index is 0.0189. The fourth-order valence-electron chi connectivity index (χ4n) is 6.67. The van der Waals surface area contributed by atoms with Crippen molar-refractivity contribution in [2.75, 3.05) is 6.54 Å². The van der Waals surface area contributed by atoms with E-state index in [1.54, 1.807) is 11.3 Å². The average Bonchev–Trinajstić information content (AvgIpc) is 3.55. The van der Waals surface area contributed by atoms with Gasteiger partial charge in [-0.2, -0.15) is 0 Å². The predicted octanol–water partition coefficient (Wildman–Crippen LogP) is 5.16. The molecule has 2 bridgehead atoms. The molecule has 3 atom stereocenters. The number of hydrogen-bond donors (Lipinski definition) is 1. The summed E-state index contributed by atoms with van der Waals surface area (Å²) < 4.78 is 2.43. The van der Waals surface area contributed by atoms with Crippen LogP contribution in [-0.4, -0.2) is 49.2 Å². The molecular weight excluding hydrogens is 444 g/mol. The van der Waals surface area contributed by atoms with Gasteiger partial charge in [-0.15, -0.1) is 21.5 Å². The number of amides is 1. The van der Waals surface area contributed by atoms with E-state index < -0.39 is 0 Å². The molecule has 0 spiro atoms. The van der Waals surface area contributed by atoms with Crippen LogP contribution >= 0.6 is 11.3 Å². The van der Waals surface area contributed by atoms with Crippen molar-refractivity contribution in [2.45, 2.75) is 115 Å². The van der Waals surface area contributed by atoms with Gasteiger partial charge in [0.15, 0.2) is 0 Å². The number of carbonyl (C=O) groups excluding carboxylic acids is 1. The minimum Gasteiger partial charge on any atom is -0.347 e. The zero-order valence-electron chi connectivity index (χ0n) is 20.9. The molecule has 3 fully saturated rings. The molecule has 2 unspecified atom stereocenters. The van der Waals surface area contributed by atoms with Crippen molar-refractivity contribution in [2.24, 2.45) is 5.92 Å². The van der Waals surface area contributed by atoms with Crippen molar-refractivity contribution >= 4 is 17.2 Å². The molecule has 2 aromatic rings. The molecule has 7 nitrogen and oxygen atoms in total. The Morgan fingerprint density at radius 3 is 2.47 bits per heavy atom. The lowest BCUT2D eigenvalue weighted by Gasteiger charge is -2.40. The van der Waals surface area contributed by atoms with Crippen LogP contribution in [0.15, 0.2) is 10.9 Å². The number of nitrogens with zero attached hydrogens (tertiary/aromatic N) is 5. The van der Waals surface area contributed by atoms with Crippen LogP contribution in [0.1, 0.15) is 113 Å². The molecule has 1 amide bonds. The molecule has 1 aliphatic carbocycles. The lowest BCUT2D eigenvalue weighted by Crippen LogP contribution is -2.45. The summed E-state index contributed by atoms with van der Waals surface area (Å²) in [5.74, 6) is 3.00. The minimum absolute atomic E-state index is 0.0189. The van der Waals surface area contributed by atoms with E-state index in [9.17, 15) is 4.79 Å². The van der Waals surface area contributed by atoms with Crippen LogP contribution in [0, 0.1) is 12.8 Å². The van der Waals surface area contributed by atoms with E-state index in [1.165, 1.54) is 44.9 Å². The fourth-order valence-corrected chi connectivity index (χ4v) is 7.28. The molecule has 1 saturated carbocycles. The topological polar surface area (TPSA) is 75.9 Å². The third kappa shape index (κ3) is 4.94. The van der Waals surface area contributed by atoms with Crippen molar-refractivity contribution in [3.05, 3.63) is 28.2 Å². The van der Waals surface area contributed by atoms with Gasteiger partial charge in [-0.05, 0) is 51.9 Å². The van der Waals surface area contributed by atoms with E-state index in [0.717, 1.165) is 43.1 Å². The second kappa shape index (κ2) is 10.4. The highest BCUT2D eigenvalue weighted by atomic mass is 32.1. The maximum absolute atomic E-state index is 13.0. The van der Waals surface area contributed by atoms with Crippen LogP contribution in [0.2, 0.25) is 0 Å². The van der Waals surface area contributed by atoms with Gasteiger partial charge in [0.2, 0.25) is 5.91 Å². The largest absolute Gasteiger partial charge is 0.347 e. The molecule has 0 aromatic carbocycles. The quantitative estimate of drug-likeness (QED) is 0.560. The Labute approximate surface area is 207 Å². The van der Waals surface area contributed by atoms with Crippen molar-refractivity contribution in [1.29, 1.82) is 0 Å². The second-order valence-corrected chi connectivity index (χ2v) is 11.7. The second-order valence-electron chi connectivity index (χ2n) is 11.0. The van der Waals surface area contributed by atoms with Crippen molar-refractivity contribution in [1.82, 2.24) is 30.0 Å². The summed E-state index contributed by atoms with van der Waals surface area (Å²) in [6.45, 7) is 7.54. The lowest BCUT2D eigenvalue weighted by atomic mass is 9.88. The number of aryl methyl sites for hydroxylation is 1. The van der Waals surface area contributed by atoms with Crippen LogP contribution in [-0.2, 0) is 4.79 Å². The fraction of sp³-hybridized carbons (Fsp3) is 0.769. The summed E-state index contributed by atoms with van der Waals surface area (Å²) in [5.41, 5.74) is 2.91. The number of fused-ring (bicyclic) bond motifs is 2. The monoisotopic (exact) mass is 484 g/mol. The van der Waals surface area contributed by atoms with Crippen LogP contribution < -0.4 is 5.32 Å². The molecule has 8 heteroatoms. The number of rotatable bonds is 8. The first-order chi connectivity index (χ1) is 16.5. The molecule has 2 aromatic heterocycles. The Hall–Kier alpha value is -1.80. The standard InChI is InChI=1S/C26H40N6OS/c1-17(2)25-30-29-18(3)32(25)22-13-20-9-10-21(14-22)31(20)12-11-23(24-15-34-16-27-24)28-26(33)19-7-5-4-6-8-19/h15-17,19-23H,4-14H2,1-3H3,(H,28,33)/t20?,21?,22?,23-/m0/s1. The Morgan fingerprint density at radius 2 is 1.82 bits per heavy atom. The molecule has 34 heavy (non-hydrogen) atoms. The third-order valence-electron chi connectivity index (χ3n) is 8.41. The Morgan fingerprint density at radius 1 is 1.09 bits per heavy atom. The third-order valence-corrected chi connectivity index (χ3v) is 9.02. The van der Waals surface area contributed by atoms with E-state index in [1.807, 2.05) is 5.51 Å². The van der Waals surface area contributed by atoms with Gasteiger partial charge >= 0.3 is 0 Å². The summed E-state index contributed by atoms with van der Waals surface area (Å²) in [6, 6.07) is 1.73. The summed E-state index contributed by atoms with van der Waals surface area (Å²) in [5, 5.41) is 14.4. The first-order valence-electron chi connectivity index (χ1n) is 13.4. The van der Waals surface area contributed by atoms with Gasteiger partial charge in [0.25, 0.3) is 0 Å². The zero-order chi connectivity index (χ0) is 23.7. The van der Waals surface area contributed by atoms with Crippen molar-refractivity contribution in [3.63, 3.8) is 0 Å². The number of piperidine rings is 1. The molecule has 1 N–H and O–H groups in total. The van der Waals surface area contributed by atoms with Gasteiger partial charge in [0.05, 0.1) is 17.2 Å². The molecule has 2 aliphatic heterocycles. The maximum atomic E-state index is 13.0. The highest BCUT2D eigenvalue weighted by Crippen LogP contribution is 2.42. The van der Waals surface area contributed by atoms with Crippen LogP contribution in [0.4, 0.5) is 0 Å². The maximum Gasteiger partial charge on any atom is 0.223 e. The molecular formula is C26H40N6OS. The number of thiazole rings is 1. The van der Waals surface area contributed by atoms with Crippen molar-refractivity contribution in [3.8, 4) is 0 Å². The predicted molar refractivity (Wildman–Crippen MR) is 135 cm³/mol. The van der Waals surface area contributed by atoms with Gasteiger partial charge in [-0.25, -0.2) is 4.98 Å². The summed E-state index contributed by atoms with van der Waals surface area (Å²) in [6.07, 6.45) is 11.5. The van der Waals surface area contributed by atoms with Crippen LogP contribution in [0.25, 0.3) is 0 Å². The number of aromatic nitrogens is 4. The molecule has 3 aliphatic rings. The normalized spacial score (nSPS) is 26.8. The van der Waals surface area contributed by atoms with E-state index in [4.69, 9.17) is 0 Å². The van der Waals surface area contributed by atoms with Gasteiger partial charge in [0, 0.05) is 41.9 Å². The summed E-state index contributed by atoms with van der Waals surface area (Å²) in [7, 11) is 0. The molecule has 2 saturated heterocycles. The Bertz CT molecular complexity index is 937. The van der Waals surface area contributed by atoms with Gasteiger partial charge in [-0.1, -0.05) is 33.1 Å². The molecule has 186 valence electrons. The Balaban J connectivity index is 1.23. The van der Waals surface area contributed by atoms with E-state index in [0.29, 0.717) is 24.0 Å². The van der Waals surface area contributed by atoms with Gasteiger partial charge < -0.3 is 9.88 Å². The van der Waals surface area contributed by atoms with E-state index >= 15 is 0 Å².